The molecular formula is C28H34N2O2. The Morgan fingerprint density at radius 2 is 1.47 bits per heavy atom. The van der Waals surface area contributed by atoms with E-state index >= 15 is 0 Å². The van der Waals surface area contributed by atoms with Gasteiger partial charge in [0, 0.05) is 24.1 Å². The second-order valence-corrected chi connectivity index (χ2v) is 10.4. The zero-order valence-electron chi connectivity index (χ0n) is 18.8. The minimum absolute atomic E-state index is 0.00886. The number of hydrogen-bond acceptors (Lipinski definition) is 2. The number of amides is 2. The van der Waals surface area contributed by atoms with Gasteiger partial charge >= 0.3 is 0 Å². The molecule has 4 fully saturated rings. The van der Waals surface area contributed by atoms with Crippen LogP contribution in [-0.4, -0.2) is 18.4 Å². The maximum atomic E-state index is 13.0. The molecule has 0 aromatic heterocycles. The molecule has 4 aliphatic rings. The summed E-state index contributed by atoms with van der Waals surface area (Å²) < 4.78 is 0. The Hall–Kier alpha value is -2.62. The number of rotatable bonds is 8. The molecule has 0 aliphatic heterocycles. The fourth-order valence-corrected chi connectivity index (χ4v) is 6.85. The van der Waals surface area contributed by atoms with Crippen molar-refractivity contribution in [2.24, 2.45) is 23.2 Å². The quantitative estimate of drug-likeness (QED) is 0.556. The van der Waals surface area contributed by atoms with Crippen LogP contribution in [0.3, 0.4) is 0 Å². The summed E-state index contributed by atoms with van der Waals surface area (Å²) in [5, 5.41) is 6.26. The van der Waals surface area contributed by atoms with Gasteiger partial charge in [0.05, 0.1) is 0 Å². The van der Waals surface area contributed by atoms with E-state index in [1.807, 2.05) is 36.4 Å². The summed E-state index contributed by atoms with van der Waals surface area (Å²) in [4.78, 5) is 25.6. The van der Waals surface area contributed by atoms with Gasteiger partial charge in [0.1, 0.15) is 0 Å². The van der Waals surface area contributed by atoms with Gasteiger partial charge in [-0.05, 0) is 86.3 Å². The fraction of sp³-hybridized carbons (Fsp3) is 0.500. The highest BCUT2D eigenvalue weighted by molar-refractivity contribution is 5.91. The Balaban J connectivity index is 1.09. The predicted octanol–water partition coefficient (Wildman–Crippen LogP) is 5.33. The molecule has 4 heteroatoms. The predicted molar refractivity (Wildman–Crippen MR) is 127 cm³/mol. The molecule has 2 aromatic carbocycles. The zero-order valence-corrected chi connectivity index (χ0v) is 18.8. The Kier molecular flexibility index (Phi) is 6.03. The number of nitrogens with one attached hydrogen (secondary N) is 2. The highest BCUT2D eigenvalue weighted by atomic mass is 16.2. The third-order valence-corrected chi connectivity index (χ3v) is 7.91. The van der Waals surface area contributed by atoms with Crippen LogP contribution in [0.1, 0.15) is 62.5 Å². The van der Waals surface area contributed by atoms with Crippen LogP contribution in [0.15, 0.2) is 54.6 Å². The summed E-state index contributed by atoms with van der Waals surface area (Å²) in [5.41, 5.74) is 3.11. The minimum Gasteiger partial charge on any atom is -0.356 e. The molecule has 0 heterocycles. The lowest BCUT2D eigenvalue weighted by Gasteiger charge is -2.55. The van der Waals surface area contributed by atoms with E-state index in [1.165, 1.54) is 24.8 Å². The van der Waals surface area contributed by atoms with Gasteiger partial charge in [0.2, 0.25) is 11.8 Å². The van der Waals surface area contributed by atoms with Crippen LogP contribution in [-0.2, 0) is 16.0 Å². The molecule has 4 nitrogen and oxygen atoms in total. The number of benzene rings is 2. The standard InChI is InChI=1S/C28H34N2O2/c31-26(30-25-10-5-4-9-24(25)16-20-7-2-1-3-8-20)11-6-12-29-27(32)28-17-21-13-22(18-28)15-23(14-21)19-28/h1-5,7-10,21-23H,6,11-19H2,(H,29,32)(H,30,31). The van der Waals surface area contributed by atoms with Crippen molar-refractivity contribution in [2.45, 2.75) is 57.8 Å². The molecule has 0 atom stereocenters. The van der Waals surface area contributed by atoms with Crippen LogP contribution in [0.2, 0.25) is 0 Å². The Morgan fingerprint density at radius 1 is 0.844 bits per heavy atom. The lowest BCUT2D eigenvalue weighted by Crippen LogP contribution is -2.53. The second kappa shape index (κ2) is 9.09. The van der Waals surface area contributed by atoms with E-state index in [4.69, 9.17) is 0 Å². The average molecular weight is 431 g/mol. The van der Waals surface area contributed by atoms with Gasteiger partial charge in [-0.1, -0.05) is 48.5 Å². The van der Waals surface area contributed by atoms with Gasteiger partial charge in [-0.3, -0.25) is 9.59 Å². The first-order chi connectivity index (χ1) is 15.6. The van der Waals surface area contributed by atoms with Crippen molar-refractivity contribution >= 4 is 17.5 Å². The monoisotopic (exact) mass is 430 g/mol. The number of carbonyl (C=O) groups excluding carboxylic acids is 2. The molecule has 0 radical (unpaired) electrons. The second-order valence-electron chi connectivity index (χ2n) is 10.4. The van der Waals surface area contributed by atoms with E-state index in [0.29, 0.717) is 19.4 Å². The van der Waals surface area contributed by atoms with Crippen molar-refractivity contribution in [3.63, 3.8) is 0 Å². The molecule has 32 heavy (non-hydrogen) atoms. The lowest BCUT2D eigenvalue weighted by molar-refractivity contribution is -0.146. The van der Waals surface area contributed by atoms with Crippen molar-refractivity contribution in [3.8, 4) is 0 Å². The summed E-state index contributed by atoms with van der Waals surface area (Å²) in [6.45, 7) is 0.583. The van der Waals surface area contributed by atoms with Gasteiger partial charge in [0.15, 0.2) is 0 Å². The smallest absolute Gasteiger partial charge is 0.226 e. The van der Waals surface area contributed by atoms with Crippen molar-refractivity contribution in [1.82, 2.24) is 5.32 Å². The molecule has 0 unspecified atom stereocenters. The normalized spacial score (nSPS) is 27.8. The van der Waals surface area contributed by atoms with E-state index in [0.717, 1.165) is 54.7 Å². The fourth-order valence-electron chi connectivity index (χ4n) is 6.85. The summed E-state index contributed by atoms with van der Waals surface area (Å²) in [7, 11) is 0. The third-order valence-electron chi connectivity index (χ3n) is 7.91. The van der Waals surface area contributed by atoms with Crippen molar-refractivity contribution < 1.29 is 9.59 Å². The first-order valence-electron chi connectivity index (χ1n) is 12.3. The highest BCUT2D eigenvalue weighted by Gasteiger charge is 2.54. The first kappa shape index (κ1) is 21.2. The highest BCUT2D eigenvalue weighted by Crippen LogP contribution is 2.60. The van der Waals surface area contributed by atoms with Crippen LogP contribution >= 0.6 is 0 Å². The Morgan fingerprint density at radius 3 is 2.16 bits per heavy atom. The van der Waals surface area contributed by atoms with E-state index < -0.39 is 0 Å². The molecule has 2 amide bonds. The minimum atomic E-state index is -0.104. The van der Waals surface area contributed by atoms with E-state index in [2.05, 4.69) is 28.8 Å². The lowest BCUT2D eigenvalue weighted by atomic mass is 9.49. The van der Waals surface area contributed by atoms with Crippen LogP contribution < -0.4 is 10.6 Å². The van der Waals surface area contributed by atoms with E-state index in [-0.39, 0.29) is 17.2 Å². The summed E-state index contributed by atoms with van der Waals surface area (Å²) in [6.07, 6.45) is 9.18. The van der Waals surface area contributed by atoms with Crippen LogP contribution in [0.5, 0.6) is 0 Å². The number of carbonyl (C=O) groups is 2. The van der Waals surface area contributed by atoms with E-state index in [9.17, 15) is 9.59 Å². The van der Waals surface area contributed by atoms with Crippen molar-refractivity contribution in [3.05, 3.63) is 65.7 Å². The largest absolute Gasteiger partial charge is 0.356 e. The number of hydrogen-bond donors (Lipinski definition) is 2. The van der Waals surface area contributed by atoms with Gasteiger partial charge < -0.3 is 10.6 Å². The molecule has 0 saturated heterocycles. The molecule has 168 valence electrons. The van der Waals surface area contributed by atoms with Crippen LogP contribution in [0.25, 0.3) is 0 Å². The Labute approximate surface area is 191 Å². The van der Waals surface area contributed by atoms with Gasteiger partial charge in [-0.2, -0.15) is 0 Å². The number of anilines is 1. The third kappa shape index (κ3) is 4.60. The molecular weight excluding hydrogens is 396 g/mol. The van der Waals surface area contributed by atoms with Crippen molar-refractivity contribution in [1.29, 1.82) is 0 Å². The van der Waals surface area contributed by atoms with E-state index in [1.54, 1.807) is 0 Å². The molecule has 2 aromatic rings. The number of para-hydroxylation sites is 1. The zero-order chi connectivity index (χ0) is 22.0. The first-order valence-corrected chi connectivity index (χ1v) is 12.3. The molecule has 4 bridgehead atoms. The van der Waals surface area contributed by atoms with Gasteiger partial charge in [-0.15, -0.1) is 0 Å². The molecule has 4 aliphatic carbocycles. The maximum Gasteiger partial charge on any atom is 0.226 e. The summed E-state index contributed by atoms with van der Waals surface area (Å²) >= 11 is 0. The Bertz CT molecular complexity index is 933. The topological polar surface area (TPSA) is 58.2 Å². The molecule has 6 rings (SSSR count). The molecule has 2 N–H and O–H groups in total. The van der Waals surface area contributed by atoms with Crippen molar-refractivity contribution in [2.75, 3.05) is 11.9 Å². The SMILES string of the molecule is O=C(CCCNC(=O)C12CC3CC(CC(C3)C1)C2)Nc1ccccc1Cc1ccccc1. The van der Waals surface area contributed by atoms with Crippen LogP contribution in [0, 0.1) is 23.2 Å². The van der Waals surface area contributed by atoms with Crippen LogP contribution in [0.4, 0.5) is 5.69 Å². The molecule has 4 saturated carbocycles. The van der Waals surface area contributed by atoms with Gasteiger partial charge in [-0.25, -0.2) is 0 Å². The van der Waals surface area contributed by atoms with Gasteiger partial charge in [0.25, 0.3) is 0 Å². The average Bonchev–Trinajstić information content (AvgIpc) is 2.78. The summed E-state index contributed by atoms with van der Waals surface area (Å²) in [5.74, 6) is 2.58. The summed E-state index contributed by atoms with van der Waals surface area (Å²) in [6, 6.07) is 18.3. The molecule has 0 spiro atoms. The maximum absolute atomic E-state index is 13.0.